The van der Waals surface area contributed by atoms with Gasteiger partial charge in [0.15, 0.2) is 0 Å². The van der Waals surface area contributed by atoms with Crippen molar-refractivity contribution >= 4 is 21.5 Å². The van der Waals surface area contributed by atoms with Crippen LogP contribution in [0.3, 0.4) is 0 Å². The third-order valence-electron chi connectivity index (χ3n) is 8.39. The fourth-order valence-corrected chi connectivity index (χ4v) is 6.64. The Hall–Kier alpha value is -5.14. The van der Waals surface area contributed by atoms with Crippen molar-refractivity contribution < 1.29 is 5.11 Å². The van der Waals surface area contributed by atoms with Crippen molar-refractivity contribution in [3.05, 3.63) is 151 Å². The van der Waals surface area contributed by atoms with E-state index in [9.17, 15) is 5.11 Å². The second-order valence-electron chi connectivity index (χ2n) is 10.6. The summed E-state index contributed by atoms with van der Waals surface area (Å²) in [5, 5.41) is 15.5. The van der Waals surface area contributed by atoms with Crippen LogP contribution in [0.1, 0.15) is 11.1 Å². The molecule has 7 aromatic carbocycles. The molecule has 0 atom stereocenters. The molecule has 1 N–H and O–H groups in total. The van der Waals surface area contributed by atoms with E-state index in [-0.39, 0.29) is 0 Å². The van der Waals surface area contributed by atoms with Crippen LogP contribution in [0, 0.1) is 0 Å². The van der Waals surface area contributed by atoms with E-state index in [1.807, 2.05) is 12.1 Å². The molecule has 8 rings (SSSR count). The van der Waals surface area contributed by atoms with Gasteiger partial charge in [-0.15, -0.1) is 0 Å². The van der Waals surface area contributed by atoms with E-state index < -0.39 is 0 Å². The van der Waals surface area contributed by atoms with Gasteiger partial charge in [-0.3, -0.25) is 0 Å². The molecule has 0 spiro atoms. The van der Waals surface area contributed by atoms with E-state index in [1.165, 1.54) is 55.5 Å². The van der Waals surface area contributed by atoms with Crippen LogP contribution < -0.4 is 0 Å². The first-order valence-electron chi connectivity index (χ1n) is 13.8. The first-order chi connectivity index (χ1) is 19.8. The number of fused-ring (bicyclic) bond motifs is 6. The van der Waals surface area contributed by atoms with Crippen LogP contribution in [-0.2, 0) is 6.42 Å². The number of hydrogen-bond donors (Lipinski definition) is 1. The molecule has 40 heavy (non-hydrogen) atoms. The predicted molar refractivity (Wildman–Crippen MR) is 168 cm³/mol. The van der Waals surface area contributed by atoms with E-state index in [1.54, 1.807) is 0 Å². The average Bonchev–Trinajstić information content (AvgIpc) is 3.41. The van der Waals surface area contributed by atoms with E-state index in [2.05, 4.69) is 127 Å². The Balaban J connectivity index is 1.46. The molecule has 188 valence electrons. The lowest BCUT2D eigenvalue weighted by Crippen LogP contribution is -1.93. The van der Waals surface area contributed by atoms with Crippen molar-refractivity contribution in [2.24, 2.45) is 0 Å². The Labute approximate surface area is 233 Å². The molecule has 0 saturated carbocycles. The summed E-state index contributed by atoms with van der Waals surface area (Å²) in [6.07, 6.45) is 0.853. The molecule has 7 aromatic rings. The van der Waals surface area contributed by atoms with Gasteiger partial charge in [0.1, 0.15) is 5.75 Å². The summed E-state index contributed by atoms with van der Waals surface area (Å²) in [6.45, 7) is 0. The van der Waals surface area contributed by atoms with E-state index in [4.69, 9.17) is 0 Å². The summed E-state index contributed by atoms with van der Waals surface area (Å²) in [7, 11) is 0. The molecular formula is C39H26O. The van der Waals surface area contributed by atoms with Gasteiger partial charge in [-0.05, 0) is 95.7 Å². The zero-order chi connectivity index (χ0) is 26.6. The van der Waals surface area contributed by atoms with Crippen molar-refractivity contribution in [3.63, 3.8) is 0 Å². The van der Waals surface area contributed by atoms with Crippen molar-refractivity contribution in [1.82, 2.24) is 0 Å². The highest BCUT2D eigenvalue weighted by Crippen LogP contribution is 2.51. The maximum absolute atomic E-state index is 11.0. The number of phenolic OH excluding ortho intramolecular Hbond substituents is 1. The molecule has 1 nitrogen and oxygen atoms in total. The highest BCUT2D eigenvalue weighted by molar-refractivity contribution is 6.13. The second-order valence-corrected chi connectivity index (χ2v) is 10.6. The average molecular weight is 511 g/mol. The van der Waals surface area contributed by atoms with Gasteiger partial charge in [-0.2, -0.15) is 0 Å². The van der Waals surface area contributed by atoms with Gasteiger partial charge in [0.2, 0.25) is 0 Å². The Morgan fingerprint density at radius 3 is 1.88 bits per heavy atom. The predicted octanol–water partition coefficient (Wildman–Crippen LogP) is 10.3. The van der Waals surface area contributed by atoms with Crippen molar-refractivity contribution in [2.75, 3.05) is 0 Å². The molecule has 0 fully saturated rings. The zero-order valence-corrected chi connectivity index (χ0v) is 21.9. The Kier molecular flexibility index (Phi) is 5.11. The van der Waals surface area contributed by atoms with Crippen LogP contribution in [-0.4, -0.2) is 5.11 Å². The molecule has 0 heterocycles. The van der Waals surface area contributed by atoms with Crippen molar-refractivity contribution in [1.29, 1.82) is 0 Å². The Morgan fingerprint density at radius 2 is 1.10 bits per heavy atom. The lowest BCUT2D eigenvalue weighted by molar-refractivity contribution is 0.476. The van der Waals surface area contributed by atoms with Gasteiger partial charge in [-0.1, -0.05) is 127 Å². The van der Waals surface area contributed by atoms with E-state index in [0.717, 1.165) is 28.1 Å². The number of hydrogen-bond acceptors (Lipinski definition) is 1. The molecular weight excluding hydrogens is 484 g/mol. The standard InChI is InChI=1S/C39H26O/c40-29-23-35-30-16-8-7-14-27(30)18-19-33(35)36(24-29)34-21-20-32(26-12-5-2-6-13-26)39-37(34)22-28-15-9-17-31(38(28)39)25-10-3-1-4-11-25/h1-21,23-24,40H,22H2. The largest absolute Gasteiger partial charge is 0.508 e. The summed E-state index contributed by atoms with van der Waals surface area (Å²) < 4.78 is 0. The molecule has 0 radical (unpaired) electrons. The van der Waals surface area contributed by atoms with E-state index in [0.29, 0.717) is 5.75 Å². The molecule has 0 saturated heterocycles. The molecule has 1 aliphatic rings. The summed E-state index contributed by atoms with van der Waals surface area (Å²) in [4.78, 5) is 0. The fraction of sp³-hybridized carbons (Fsp3) is 0.0256. The number of benzene rings is 7. The molecule has 0 amide bonds. The number of rotatable bonds is 3. The number of phenols is 1. The van der Waals surface area contributed by atoms with Crippen LogP contribution in [0.5, 0.6) is 5.75 Å². The summed E-state index contributed by atoms with van der Waals surface area (Å²) in [5.74, 6) is 0.292. The van der Waals surface area contributed by atoms with Gasteiger partial charge in [0, 0.05) is 0 Å². The summed E-state index contributed by atoms with van der Waals surface area (Å²) >= 11 is 0. The fourth-order valence-electron chi connectivity index (χ4n) is 6.64. The summed E-state index contributed by atoms with van der Waals surface area (Å²) in [6, 6.07) is 49.3. The lowest BCUT2D eigenvalue weighted by Gasteiger charge is -2.18. The third-order valence-corrected chi connectivity index (χ3v) is 8.39. The highest BCUT2D eigenvalue weighted by atomic mass is 16.3. The quantitative estimate of drug-likeness (QED) is 0.234. The van der Waals surface area contributed by atoms with Gasteiger partial charge in [-0.25, -0.2) is 0 Å². The molecule has 0 aliphatic heterocycles. The first kappa shape index (κ1) is 22.8. The first-order valence-corrected chi connectivity index (χ1v) is 13.8. The Morgan fingerprint density at radius 1 is 0.425 bits per heavy atom. The maximum Gasteiger partial charge on any atom is 0.116 e. The number of aromatic hydroxyl groups is 1. The van der Waals surface area contributed by atoms with Gasteiger partial charge < -0.3 is 5.11 Å². The monoisotopic (exact) mass is 510 g/mol. The third kappa shape index (κ3) is 3.48. The molecule has 1 heteroatoms. The van der Waals surface area contributed by atoms with Crippen LogP contribution >= 0.6 is 0 Å². The molecule has 0 unspecified atom stereocenters. The molecule has 0 aromatic heterocycles. The van der Waals surface area contributed by atoms with Crippen molar-refractivity contribution in [3.8, 4) is 50.3 Å². The minimum atomic E-state index is 0.292. The highest BCUT2D eigenvalue weighted by Gasteiger charge is 2.28. The SMILES string of the molecule is Oc1cc(-c2ccc(-c3ccccc3)c3c2Cc2cccc(-c4ccccc4)c2-3)c2ccc3ccccc3c2c1. The summed E-state index contributed by atoms with van der Waals surface area (Å²) in [5.41, 5.74) is 12.5. The maximum atomic E-state index is 11.0. The van der Waals surface area contributed by atoms with Gasteiger partial charge in [0.05, 0.1) is 0 Å². The van der Waals surface area contributed by atoms with E-state index >= 15 is 0 Å². The van der Waals surface area contributed by atoms with Crippen LogP contribution in [0.15, 0.2) is 140 Å². The van der Waals surface area contributed by atoms with Gasteiger partial charge in [0.25, 0.3) is 0 Å². The Bertz CT molecular complexity index is 2070. The minimum Gasteiger partial charge on any atom is -0.508 e. The van der Waals surface area contributed by atoms with Gasteiger partial charge >= 0.3 is 0 Å². The normalized spacial score (nSPS) is 12.0. The van der Waals surface area contributed by atoms with Crippen molar-refractivity contribution in [2.45, 2.75) is 6.42 Å². The topological polar surface area (TPSA) is 20.2 Å². The minimum absolute atomic E-state index is 0.292. The zero-order valence-electron chi connectivity index (χ0n) is 21.9. The second kappa shape index (κ2) is 8.97. The molecule has 0 bridgehead atoms. The lowest BCUT2D eigenvalue weighted by atomic mass is 9.85. The smallest absolute Gasteiger partial charge is 0.116 e. The van der Waals surface area contributed by atoms with Crippen LogP contribution in [0.4, 0.5) is 0 Å². The molecule has 1 aliphatic carbocycles. The van der Waals surface area contributed by atoms with Crippen LogP contribution in [0.2, 0.25) is 0 Å². The van der Waals surface area contributed by atoms with Crippen LogP contribution in [0.25, 0.3) is 66.1 Å².